The Labute approximate surface area is 148 Å². The number of methoxy groups -OCH3 is 1. The lowest BCUT2D eigenvalue weighted by molar-refractivity contribution is -0.150. The molecule has 1 fully saturated rings. The number of fused-ring (bicyclic) bond motifs is 1. The number of benzene rings is 1. The van der Waals surface area contributed by atoms with Crippen molar-refractivity contribution in [2.75, 3.05) is 12.9 Å². The molecule has 1 unspecified atom stereocenters. The van der Waals surface area contributed by atoms with Gasteiger partial charge in [0, 0.05) is 16.9 Å². The molecule has 1 aromatic carbocycles. The predicted octanol–water partition coefficient (Wildman–Crippen LogP) is 0.960. The zero-order valence-corrected chi connectivity index (χ0v) is 14.5. The first-order valence-electron chi connectivity index (χ1n) is 7.57. The molecule has 2 aliphatic rings. The molecule has 0 saturated carbocycles. The number of esters is 1. The number of amides is 2. The molecule has 1 N–H and O–H groups in total. The van der Waals surface area contributed by atoms with Crippen LogP contribution in [-0.4, -0.2) is 53.2 Å². The maximum atomic E-state index is 12.5. The van der Waals surface area contributed by atoms with E-state index in [1.54, 1.807) is 19.1 Å². The summed E-state index contributed by atoms with van der Waals surface area (Å²) in [5.74, 6) is -0.857. The normalized spacial score (nSPS) is 22.0. The van der Waals surface area contributed by atoms with Crippen LogP contribution in [0.5, 0.6) is 0 Å². The van der Waals surface area contributed by atoms with Gasteiger partial charge in [-0.05, 0) is 18.6 Å². The van der Waals surface area contributed by atoms with Gasteiger partial charge in [-0.1, -0.05) is 18.2 Å². The lowest BCUT2D eigenvalue weighted by Gasteiger charge is -2.49. The van der Waals surface area contributed by atoms with Crippen molar-refractivity contribution in [3.05, 3.63) is 46.7 Å². The highest BCUT2D eigenvalue weighted by Crippen LogP contribution is 2.40. The number of hydrogen-bond donors (Lipinski definition) is 1. The number of nitrogens with one attached hydrogen (secondary N) is 1. The van der Waals surface area contributed by atoms with Gasteiger partial charge in [-0.2, -0.15) is 0 Å². The van der Waals surface area contributed by atoms with E-state index in [1.165, 1.54) is 35.9 Å². The molecule has 25 heavy (non-hydrogen) atoms. The summed E-state index contributed by atoms with van der Waals surface area (Å²) in [6.45, 7) is 1.77. The Hall–Kier alpha value is -2.61. The van der Waals surface area contributed by atoms with Crippen molar-refractivity contribution in [3.8, 4) is 0 Å². The first-order chi connectivity index (χ1) is 12.0. The molecule has 130 valence electrons. The minimum absolute atomic E-state index is 0.212. The van der Waals surface area contributed by atoms with Crippen LogP contribution in [0.25, 0.3) is 0 Å². The van der Waals surface area contributed by atoms with Crippen LogP contribution in [0.4, 0.5) is 0 Å². The van der Waals surface area contributed by atoms with Crippen molar-refractivity contribution in [1.29, 1.82) is 0 Å². The molecule has 7 nitrogen and oxygen atoms in total. The van der Waals surface area contributed by atoms with E-state index in [-0.39, 0.29) is 28.1 Å². The standard InChI is InChI=1S/C17H16N2O5S/c1-9-8-25-16-12(15(22)19(16)13(9)17(23)24-2)18-14(21)11-6-4-3-5-10(11)7-20/h3-7,12,16H,8H2,1-2H3,(H,18,21)/t12?,16-/m0/s1. The summed E-state index contributed by atoms with van der Waals surface area (Å²) in [5.41, 5.74) is 1.47. The van der Waals surface area contributed by atoms with Crippen LogP contribution in [-0.2, 0) is 14.3 Å². The molecular weight excluding hydrogens is 344 g/mol. The smallest absolute Gasteiger partial charge is 0.354 e. The fraction of sp³-hybridized carbons (Fsp3) is 0.294. The van der Waals surface area contributed by atoms with Crippen LogP contribution in [0.1, 0.15) is 27.6 Å². The van der Waals surface area contributed by atoms with Crippen molar-refractivity contribution in [2.24, 2.45) is 0 Å². The third kappa shape index (κ3) is 2.82. The second-order valence-electron chi connectivity index (χ2n) is 5.69. The number of β-lactam (4-membered cyclic amide) rings is 1. The lowest BCUT2D eigenvalue weighted by Crippen LogP contribution is -2.70. The summed E-state index contributed by atoms with van der Waals surface area (Å²) >= 11 is 1.47. The van der Waals surface area contributed by atoms with Crippen LogP contribution in [0.15, 0.2) is 35.5 Å². The summed E-state index contributed by atoms with van der Waals surface area (Å²) in [4.78, 5) is 49.3. The molecule has 0 aliphatic carbocycles. The average Bonchev–Trinajstić information content (AvgIpc) is 2.64. The van der Waals surface area contributed by atoms with Crippen LogP contribution < -0.4 is 5.32 Å². The fourth-order valence-electron chi connectivity index (χ4n) is 2.88. The third-order valence-corrected chi connectivity index (χ3v) is 5.58. The van der Waals surface area contributed by atoms with Gasteiger partial charge in [-0.3, -0.25) is 19.3 Å². The van der Waals surface area contributed by atoms with Gasteiger partial charge in [-0.15, -0.1) is 11.8 Å². The van der Waals surface area contributed by atoms with Gasteiger partial charge in [0.15, 0.2) is 6.29 Å². The van der Waals surface area contributed by atoms with Gasteiger partial charge >= 0.3 is 5.97 Å². The van der Waals surface area contributed by atoms with E-state index in [0.29, 0.717) is 12.0 Å². The lowest BCUT2D eigenvalue weighted by atomic mass is 10.0. The number of hydrogen-bond acceptors (Lipinski definition) is 6. The van der Waals surface area contributed by atoms with E-state index in [4.69, 9.17) is 4.74 Å². The molecular formula is C17H16N2O5S. The summed E-state index contributed by atoms with van der Waals surface area (Å²) in [6.07, 6.45) is 0.598. The zero-order valence-electron chi connectivity index (χ0n) is 13.6. The Kier molecular flexibility index (Phi) is 4.63. The molecule has 0 bridgehead atoms. The predicted molar refractivity (Wildman–Crippen MR) is 90.9 cm³/mol. The van der Waals surface area contributed by atoms with E-state index < -0.39 is 17.9 Å². The first kappa shape index (κ1) is 17.2. The number of carbonyl (C=O) groups excluding carboxylic acids is 4. The summed E-state index contributed by atoms with van der Waals surface area (Å²) < 4.78 is 4.75. The van der Waals surface area contributed by atoms with Crippen molar-refractivity contribution < 1.29 is 23.9 Å². The molecule has 2 atom stereocenters. The van der Waals surface area contributed by atoms with Gasteiger partial charge in [-0.25, -0.2) is 4.79 Å². The monoisotopic (exact) mass is 360 g/mol. The van der Waals surface area contributed by atoms with Gasteiger partial charge in [0.05, 0.1) is 7.11 Å². The van der Waals surface area contributed by atoms with Crippen LogP contribution in [0.3, 0.4) is 0 Å². The van der Waals surface area contributed by atoms with Gasteiger partial charge in [0.2, 0.25) is 0 Å². The minimum atomic E-state index is -0.745. The highest BCUT2D eigenvalue weighted by molar-refractivity contribution is 8.00. The number of nitrogens with zero attached hydrogens (tertiary/aromatic N) is 1. The highest BCUT2D eigenvalue weighted by atomic mass is 32.2. The molecule has 2 aliphatic heterocycles. The SMILES string of the molecule is COC(=O)C1=C(C)CS[C@H]2C(NC(=O)c3ccccc3C=O)C(=O)N12. The Morgan fingerprint density at radius 2 is 2.08 bits per heavy atom. The first-order valence-corrected chi connectivity index (χ1v) is 8.62. The molecule has 1 aromatic rings. The van der Waals surface area contributed by atoms with E-state index in [9.17, 15) is 19.2 Å². The second kappa shape index (κ2) is 6.72. The highest BCUT2D eigenvalue weighted by Gasteiger charge is 2.54. The fourth-order valence-corrected chi connectivity index (χ4v) is 4.18. The van der Waals surface area contributed by atoms with Crippen molar-refractivity contribution >= 4 is 35.8 Å². The number of rotatable bonds is 4. The van der Waals surface area contributed by atoms with Gasteiger partial charge in [0.25, 0.3) is 11.8 Å². The van der Waals surface area contributed by atoms with Crippen LogP contribution in [0, 0.1) is 0 Å². The molecule has 0 aromatic heterocycles. The quantitative estimate of drug-likeness (QED) is 0.488. The topological polar surface area (TPSA) is 92.8 Å². The molecule has 2 heterocycles. The number of thioether (sulfide) groups is 1. The van der Waals surface area contributed by atoms with Crippen LogP contribution >= 0.6 is 11.8 Å². The van der Waals surface area contributed by atoms with E-state index in [1.807, 2.05) is 0 Å². The van der Waals surface area contributed by atoms with Crippen molar-refractivity contribution in [1.82, 2.24) is 10.2 Å². The maximum absolute atomic E-state index is 12.5. The minimum Gasteiger partial charge on any atom is -0.464 e. The van der Waals surface area contributed by atoms with E-state index in [2.05, 4.69) is 5.32 Å². The van der Waals surface area contributed by atoms with Crippen molar-refractivity contribution in [2.45, 2.75) is 18.3 Å². The van der Waals surface area contributed by atoms with Gasteiger partial charge < -0.3 is 10.1 Å². The second-order valence-corrected chi connectivity index (χ2v) is 6.79. The number of ether oxygens (including phenoxy) is 1. The zero-order chi connectivity index (χ0) is 18.1. The van der Waals surface area contributed by atoms with E-state index >= 15 is 0 Å². The summed E-state index contributed by atoms with van der Waals surface area (Å²) in [7, 11) is 1.26. The maximum Gasteiger partial charge on any atom is 0.354 e. The van der Waals surface area contributed by atoms with Crippen molar-refractivity contribution in [3.63, 3.8) is 0 Å². The Balaban J connectivity index is 1.79. The Bertz CT molecular complexity index is 804. The Morgan fingerprint density at radius 3 is 2.76 bits per heavy atom. The number of carbonyl (C=O) groups is 4. The number of aldehydes is 1. The Morgan fingerprint density at radius 1 is 1.36 bits per heavy atom. The summed E-state index contributed by atoms with van der Waals surface area (Å²) in [5, 5.41) is 2.30. The largest absolute Gasteiger partial charge is 0.464 e. The third-order valence-electron chi connectivity index (χ3n) is 4.16. The molecule has 2 amide bonds. The summed E-state index contributed by atoms with van der Waals surface area (Å²) in [6, 6.07) is 5.62. The van der Waals surface area contributed by atoms with Crippen LogP contribution in [0.2, 0.25) is 0 Å². The van der Waals surface area contributed by atoms with Gasteiger partial charge in [0.1, 0.15) is 17.1 Å². The van der Waals surface area contributed by atoms with E-state index in [0.717, 1.165) is 5.57 Å². The molecule has 1 saturated heterocycles. The molecule has 3 rings (SSSR count). The average molecular weight is 360 g/mol. The molecule has 0 radical (unpaired) electrons. The molecule has 8 heteroatoms. The molecule has 0 spiro atoms.